The van der Waals surface area contributed by atoms with Crippen LogP contribution in [0.25, 0.3) is 10.9 Å². The number of aromatic nitrogens is 1. The van der Waals surface area contributed by atoms with Crippen molar-refractivity contribution in [1.82, 2.24) is 9.88 Å². The maximum absolute atomic E-state index is 13.3. The van der Waals surface area contributed by atoms with Crippen molar-refractivity contribution in [3.05, 3.63) is 64.3 Å². The number of carboxylic acids is 1. The molecule has 182 valence electrons. The molecule has 0 amide bonds. The van der Waals surface area contributed by atoms with Crippen LogP contribution in [0.15, 0.2) is 36.4 Å². The molecule has 2 aromatic carbocycles. The fraction of sp³-hybridized carbons (Fsp3) is 0.429. The summed E-state index contributed by atoms with van der Waals surface area (Å²) in [6.07, 6.45) is 6.72. The Bertz CT molecular complexity index is 1310. The van der Waals surface area contributed by atoms with Crippen LogP contribution in [0.4, 0.5) is 0 Å². The van der Waals surface area contributed by atoms with Crippen LogP contribution in [0.3, 0.4) is 0 Å². The molecule has 0 saturated carbocycles. The number of nitrogens with one attached hydrogen (secondary N) is 1. The molecule has 4 heterocycles. The number of aromatic amines is 1. The maximum Gasteiger partial charge on any atom is 0.340 e. The molecule has 3 aliphatic rings. The Kier molecular flexibility index (Phi) is 5.33. The SMILES string of the molecule is Cc1[nH]c2ccc3c(c2c1C(=O)OCc1ccc(C(=O)O)cc1)CC1CCCN2CCCCC12O3. The summed E-state index contributed by atoms with van der Waals surface area (Å²) in [7, 11) is 0. The summed E-state index contributed by atoms with van der Waals surface area (Å²) in [5, 5.41) is 9.99. The number of aryl methyl sites for hydroxylation is 1. The number of carbonyl (C=O) groups excluding carboxylic acids is 1. The summed E-state index contributed by atoms with van der Waals surface area (Å²) in [5.74, 6) is -0.0555. The zero-order valence-electron chi connectivity index (χ0n) is 19.9. The molecule has 1 aromatic heterocycles. The van der Waals surface area contributed by atoms with E-state index < -0.39 is 5.97 Å². The Morgan fingerprint density at radius 3 is 2.74 bits per heavy atom. The maximum atomic E-state index is 13.3. The van der Waals surface area contributed by atoms with Crippen molar-refractivity contribution < 1.29 is 24.2 Å². The number of ether oxygens (including phenoxy) is 2. The van der Waals surface area contributed by atoms with Crippen LogP contribution in [0.5, 0.6) is 5.75 Å². The van der Waals surface area contributed by atoms with Crippen molar-refractivity contribution in [1.29, 1.82) is 0 Å². The molecule has 3 aliphatic heterocycles. The number of esters is 1. The third kappa shape index (κ3) is 3.60. The molecule has 2 N–H and O–H groups in total. The van der Waals surface area contributed by atoms with Crippen LogP contribution >= 0.6 is 0 Å². The van der Waals surface area contributed by atoms with Gasteiger partial charge in [-0.15, -0.1) is 0 Å². The highest BCUT2D eigenvalue weighted by atomic mass is 16.5. The van der Waals surface area contributed by atoms with E-state index in [1.165, 1.54) is 31.4 Å². The van der Waals surface area contributed by atoms with Gasteiger partial charge in [0.15, 0.2) is 5.72 Å². The quantitative estimate of drug-likeness (QED) is 0.514. The molecule has 2 saturated heterocycles. The summed E-state index contributed by atoms with van der Waals surface area (Å²) in [6.45, 7) is 4.18. The van der Waals surface area contributed by atoms with Gasteiger partial charge in [-0.05, 0) is 68.9 Å². The average molecular weight is 475 g/mol. The minimum absolute atomic E-state index is 0.0804. The number of H-pyrrole nitrogens is 1. The Balaban J connectivity index is 1.32. The molecular weight excluding hydrogens is 444 g/mol. The van der Waals surface area contributed by atoms with E-state index in [9.17, 15) is 9.59 Å². The minimum atomic E-state index is -0.981. The van der Waals surface area contributed by atoms with Crippen LogP contribution in [0, 0.1) is 12.8 Å². The van der Waals surface area contributed by atoms with E-state index in [0.29, 0.717) is 11.5 Å². The average Bonchev–Trinajstić information content (AvgIpc) is 3.21. The summed E-state index contributed by atoms with van der Waals surface area (Å²) in [6, 6.07) is 10.4. The molecule has 6 rings (SSSR count). The van der Waals surface area contributed by atoms with Gasteiger partial charge >= 0.3 is 11.9 Å². The number of rotatable bonds is 4. The van der Waals surface area contributed by atoms with Crippen LogP contribution in [-0.4, -0.2) is 45.7 Å². The zero-order valence-corrected chi connectivity index (χ0v) is 19.9. The second kappa shape index (κ2) is 8.41. The molecule has 0 bridgehead atoms. The standard InChI is InChI=1S/C28H30N2O5/c1-17-24(27(33)34-16-18-6-8-19(9-7-18)26(31)32)25-21-15-20-5-4-14-30-13-3-2-12-28(20,30)35-23(21)11-10-22(25)29-17/h6-11,20,29H,2-5,12-16H2,1H3,(H,31,32). The van der Waals surface area contributed by atoms with Crippen molar-refractivity contribution in [2.75, 3.05) is 13.1 Å². The van der Waals surface area contributed by atoms with E-state index in [1.807, 2.05) is 13.0 Å². The second-order valence-electron chi connectivity index (χ2n) is 10.1. The molecule has 35 heavy (non-hydrogen) atoms. The van der Waals surface area contributed by atoms with Gasteiger partial charge in [0.25, 0.3) is 0 Å². The van der Waals surface area contributed by atoms with Crippen LogP contribution in [0.1, 0.15) is 69.6 Å². The van der Waals surface area contributed by atoms with Crippen molar-refractivity contribution in [3.8, 4) is 5.75 Å². The van der Waals surface area contributed by atoms with Gasteiger partial charge in [0.1, 0.15) is 12.4 Å². The number of nitrogens with zero attached hydrogens (tertiary/aromatic N) is 1. The molecule has 2 fully saturated rings. The first-order valence-electron chi connectivity index (χ1n) is 12.5. The topological polar surface area (TPSA) is 91.9 Å². The number of carboxylic acid groups (broad SMARTS) is 1. The number of piperidine rings is 2. The van der Waals surface area contributed by atoms with Gasteiger partial charge < -0.3 is 19.6 Å². The zero-order chi connectivity index (χ0) is 24.2. The number of hydrogen-bond donors (Lipinski definition) is 2. The Morgan fingerprint density at radius 2 is 1.94 bits per heavy atom. The second-order valence-corrected chi connectivity index (χ2v) is 10.1. The van der Waals surface area contributed by atoms with Gasteiger partial charge in [-0.3, -0.25) is 4.90 Å². The molecule has 1 spiro atoms. The van der Waals surface area contributed by atoms with E-state index in [2.05, 4.69) is 16.0 Å². The van der Waals surface area contributed by atoms with Gasteiger partial charge in [-0.2, -0.15) is 0 Å². The van der Waals surface area contributed by atoms with Crippen molar-refractivity contribution in [3.63, 3.8) is 0 Å². The van der Waals surface area contributed by atoms with E-state index in [0.717, 1.165) is 65.8 Å². The molecule has 0 aliphatic carbocycles. The molecule has 7 nitrogen and oxygen atoms in total. The third-order valence-electron chi connectivity index (χ3n) is 8.10. The van der Waals surface area contributed by atoms with Crippen LogP contribution in [-0.2, 0) is 17.8 Å². The molecule has 3 aromatic rings. The summed E-state index contributed by atoms with van der Waals surface area (Å²) >= 11 is 0. The first-order valence-corrected chi connectivity index (χ1v) is 12.5. The van der Waals surface area contributed by atoms with Crippen LogP contribution < -0.4 is 4.74 Å². The van der Waals surface area contributed by atoms with E-state index in [-0.39, 0.29) is 23.9 Å². The molecular formula is C28H30N2O5. The summed E-state index contributed by atoms with van der Waals surface area (Å²) in [5.41, 5.74) is 4.12. The minimum Gasteiger partial charge on any atom is -0.478 e. The Hall–Kier alpha value is -3.32. The highest BCUT2D eigenvalue weighted by Crippen LogP contribution is 2.50. The van der Waals surface area contributed by atoms with Crippen molar-refractivity contribution in [2.45, 2.75) is 57.8 Å². The first-order chi connectivity index (χ1) is 17.0. The lowest BCUT2D eigenvalue weighted by Gasteiger charge is -2.56. The lowest BCUT2D eigenvalue weighted by Crippen LogP contribution is -2.64. The van der Waals surface area contributed by atoms with Gasteiger partial charge in [0.05, 0.1) is 11.1 Å². The van der Waals surface area contributed by atoms with Gasteiger partial charge in [-0.1, -0.05) is 12.1 Å². The fourth-order valence-corrected chi connectivity index (χ4v) is 6.43. The monoisotopic (exact) mass is 474 g/mol. The predicted octanol–water partition coefficient (Wildman–Crippen LogP) is 5.06. The molecule has 2 atom stereocenters. The molecule has 2 unspecified atom stereocenters. The van der Waals surface area contributed by atoms with E-state index in [4.69, 9.17) is 14.6 Å². The normalized spacial score (nSPS) is 23.6. The van der Waals surface area contributed by atoms with Gasteiger partial charge in [0.2, 0.25) is 0 Å². The largest absolute Gasteiger partial charge is 0.478 e. The number of aromatic carboxylic acids is 1. The number of fused-ring (bicyclic) bond motifs is 3. The lowest BCUT2D eigenvalue weighted by molar-refractivity contribution is -0.177. The lowest BCUT2D eigenvalue weighted by atomic mass is 9.74. The Labute approximate surface area is 204 Å². The van der Waals surface area contributed by atoms with E-state index >= 15 is 0 Å². The molecule has 0 radical (unpaired) electrons. The third-order valence-corrected chi connectivity index (χ3v) is 8.10. The van der Waals surface area contributed by atoms with Crippen molar-refractivity contribution in [2.24, 2.45) is 5.92 Å². The highest BCUT2D eigenvalue weighted by Gasteiger charge is 2.52. The smallest absolute Gasteiger partial charge is 0.340 e. The Morgan fingerprint density at radius 1 is 1.14 bits per heavy atom. The van der Waals surface area contributed by atoms with Crippen molar-refractivity contribution >= 4 is 22.8 Å². The van der Waals surface area contributed by atoms with Gasteiger partial charge in [0, 0.05) is 47.6 Å². The number of benzene rings is 2. The van der Waals surface area contributed by atoms with E-state index in [1.54, 1.807) is 12.1 Å². The number of carbonyl (C=O) groups is 2. The number of hydrogen-bond acceptors (Lipinski definition) is 5. The summed E-state index contributed by atoms with van der Waals surface area (Å²) in [4.78, 5) is 30.3. The first kappa shape index (κ1) is 22.2. The highest BCUT2D eigenvalue weighted by molar-refractivity contribution is 6.07. The fourth-order valence-electron chi connectivity index (χ4n) is 6.43. The molecule has 7 heteroatoms. The van der Waals surface area contributed by atoms with Gasteiger partial charge in [-0.25, -0.2) is 9.59 Å². The summed E-state index contributed by atoms with van der Waals surface area (Å²) < 4.78 is 12.5. The predicted molar refractivity (Wildman–Crippen MR) is 131 cm³/mol. The van der Waals surface area contributed by atoms with Crippen LogP contribution in [0.2, 0.25) is 0 Å².